The van der Waals surface area contributed by atoms with Crippen LogP contribution in [0.5, 0.6) is 5.75 Å². The molecule has 23 heavy (non-hydrogen) atoms. The third-order valence-electron chi connectivity index (χ3n) is 3.32. The van der Waals surface area contributed by atoms with Gasteiger partial charge in [0.2, 0.25) is 0 Å². The Morgan fingerprint density at radius 1 is 1.26 bits per heavy atom. The fraction of sp³-hybridized carbons (Fsp3) is 0.312. The zero-order valence-electron chi connectivity index (χ0n) is 12.9. The van der Waals surface area contributed by atoms with E-state index in [0.717, 1.165) is 10.9 Å². The van der Waals surface area contributed by atoms with Gasteiger partial charge in [-0.25, -0.2) is 4.79 Å². The monoisotopic (exact) mass is 318 g/mol. The zero-order chi connectivity index (χ0) is 17.1. The summed E-state index contributed by atoms with van der Waals surface area (Å²) in [6.07, 6.45) is -0.925. The van der Waals surface area contributed by atoms with Gasteiger partial charge in [-0.2, -0.15) is 0 Å². The number of aryl methyl sites for hydroxylation is 1. The van der Waals surface area contributed by atoms with Crippen molar-refractivity contribution in [2.45, 2.75) is 32.9 Å². The number of hydrogen-bond donors (Lipinski definition) is 1. The van der Waals surface area contributed by atoms with Crippen molar-refractivity contribution in [2.75, 3.05) is 0 Å². The van der Waals surface area contributed by atoms with Gasteiger partial charge >= 0.3 is 5.63 Å². The summed E-state index contributed by atoms with van der Waals surface area (Å²) in [5.74, 6) is -1.64. The first-order valence-electron chi connectivity index (χ1n) is 7.00. The maximum atomic E-state index is 11.8. The molecule has 0 aliphatic rings. The number of nitrogens with one attached hydrogen (secondary N) is 1. The first kappa shape index (κ1) is 16.5. The lowest BCUT2D eigenvalue weighted by molar-refractivity contribution is -0.307. The average Bonchev–Trinajstić information content (AvgIpc) is 2.46. The van der Waals surface area contributed by atoms with Crippen molar-refractivity contribution < 1.29 is 23.8 Å². The average molecular weight is 318 g/mol. The molecule has 122 valence electrons. The number of carboxylic acids is 1. The van der Waals surface area contributed by atoms with E-state index in [1.54, 1.807) is 19.1 Å². The molecule has 7 heteroatoms. The van der Waals surface area contributed by atoms with Gasteiger partial charge in [-0.1, -0.05) is 0 Å². The molecule has 1 aromatic heterocycles. The lowest BCUT2D eigenvalue weighted by atomic mass is 10.1. The molecule has 2 aromatic rings. The lowest BCUT2D eigenvalue weighted by Crippen LogP contribution is -2.49. The largest absolute Gasteiger partial charge is 0.548 e. The van der Waals surface area contributed by atoms with Gasteiger partial charge in [0.25, 0.3) is 5.91 Å². The summed E-state index contributed by atoms with van der Waals surface area (Å²) in [7, 11) is 0. The molecule has 0 saturated heterocycles. The number of rotatable bonds is 5. The Bertz CT molecular complexity index is 810. The SMILES string of the molecule is Cc1cc(=O)oc2cc(O[C@H](C)C(=O)N[C@@H](C)C(=O)[O-])ccc12. The minimum atomic E-state index is -1.38. The second kappa shape index (κ2) is 6.51. The van der Waals surface area contributed by atoms with E-state index >= 15 is 0 Å². The molecule has 7 nitrogen and oxygen atoms in total. The maximum absolute atomic E-state index is 11.8. The van der Waals surface area contributed by atoms with E-state index in [1.165, 1.54) is 26.0 Å². The predicted molar refractivity (Wildman–Crippen MR) is 79.9 cm³/mol. The standard InChI is InChI=1S/C16H17NO6/c1-8-6-14(18)23-13-7-11(4-5-12(8)13)22-10(3)15(19)17-9(2)16(20)21/h4-7,9-10H,1-3H3,(H,17,19)(H,20,21)/p-1/t9-,10+/m0/s1. The quantitative estimate of drug-likeness (QED) is 0.785. The van der Waals surface area contributed by atoms with Crippen LogP contribution in [0.25, 0.3) is 11.0 Å². The van der Waals surface area contributed by atoms with Crippen LogP contribution in [-0.2, 0) is 9.59 Å². The van der Waals surface area contributed by atoms with Gasteiger partial charge in [-0.3, -0.25) is 4.79 Å². The van der Waals surface area contributed by atoms with Crippen LogP contribution in [-0.4, -0.2) is 24.0 Å². The van der Waals surface area contributed by atoms with Crippen LogP contribution >= 0.6 is 0 Å². The normalized spacial score (nSPS) is 13.3. The molecule has 0 unspecified atom stereocenters. The molecule has 0 radical (unpaired) electrons. The number of hydrogen-bond acceptors (Lipinski definition) is 6. The molecule has 2 rings (SSSR count). The summed E-state index contributed by atoms with van der Waals surface area (Å²) in [4.78, 5) is 33.8. The molecule has 1 N–H and O–H groups in total. The van der Waals surface area contributed by atoms with Gasteiger partial charge < -0.3 is 24.4 Å². The number of carbonyl (C=O) groups excluding carboxylic acids is 2. The van der Waals surface area contributed by atoms with E-state index in [1.807, 2.05) is 0 Å². The fourth-order valence-corrected chi connectivity index (χ4v) is 2.03. The van der Waals surface area contributed by atoms with E-state index in [9.17, 15) is 19.5 Å². The van der Waals surface area contributed by atoms with Gasteiger partial charge in [0.05, 0.1) is 12.0 Å². The fourth-order valence-electron chi connectivity index (χ4n) is 2.03. The molecule has 0 spiro atoms. The van der Waals surface area contributed by atoms with Crippen LogP contribution in [0.2, 0.25) is 0 Å². The Morgan fingerprint density at radius 2 is 1.96 bits per heavy atom. The summed E-state index contributed by atoms with van der Waals surface area (Å²) in [5, 5.41) is 13.6. The summed E-state index contributed by atoms with van der Waals surface area (Å²) in [6.45, 7) is 4.57. The molecule has 1 heterocycles. The van der Waals surface area contributed by atoms with E-state index < -0.39 is 29.6 Å². The van der Waals surface area contributed by atoms with Crippen molar-refractivity contribution in [3.8, 4) is 5.75 Å². The molecule has 2 atom stereocenters. The van der Waals surface area contributed by atoms with E-state index in [4.69, 9.17) is 9.15 Å². The third-order valence-corrected chi connectivity index (χ3v) is 3.32. The molecule has 0 saturated carbocycles. The number of carbonyl (C=O) groups is 2. The van der Waals surface area contributed by atoms with Gasteiger partial charge in [-0.05, 0) is 38.5 Å². The Balaban J connectivity index is 2.16. The Labute approximate surface area is 131 Å². The molecule has 1 amide bonds. The van der Waals surface area contributed by atoms with E-state index in [2.05, 4.69) is 5.32 Å². The van der Waals surface area contributed by atoms with Crippen LogP contribution in [0.3, 0.4) is 0 Å². The molecule has 0 aliphatic carbocycles. The summed E-state index contributed by atoms with van der Waals surface area (Å²) < 4.78 is 10.6. The first-order chi connectivity index (χ1) is 10.8. The summed E-state index contributed by atoms with van der Waals surface area (Å²) in [5.41, 5.74) is 0.653. The highest BCUT2D eigenvalue weighted by atomic mass is 16.5. The number of aliphatic carboxylic acids is 1. The number of carboxylic acid groups (broad SMARTS) is 1. The molecular formula is C16H16NO6-. The second-order valence-corrected chi connectivity index (χ2v) is 5.22. The Kier molecular flexibility index (Phi) is 4.68. The van der Waals surface area contributed by atoms with Crippen LogP contribution in [0.1, 0.15) is 19.4 Å². The van der Waals surface area contributed by atoms with Crippen LogP contribution < -0.4 is 20.8 Å². The van der Waals surface area contributed by atoms with Crippen molar-refractivity contribution in [1.29, 1.82) is 0 Å². The highest BCUT2D eigenvalue weighted by Gasteiger charge is 2.17. The van der Waals surface area contributed by atoms with Crippen molar-refractivity contribution in [3.05, 3.63) is 40.2 Å². The smallest absolute Gasteiger partial charge is 0.336 e. The molecule has 0 bridgehead atoms. The maximum Gasteiger partial charge on any atom is 0.336 e. The van der Waals surface area contributed by atoms with Crippen LogP contribution in [0, 0.1) is 6.92 Å². The molecule has 1 aromatic carbocycles. The zero-order valence-corrected chi connectivity index (χ0v) is 12.9. The number of ether oxygens (including phenoxy) is 1. The topological polar surface area (TPSA) is 109 Å². The van der Waals surface area contributed by atoms with E-state index in [0.29, 0.717) is 11.3 Å². The highest BCUT2D eigenvalue weighted by Crippen LogP contribution is 2.22. The summed E-state index contributed by atoms with van der Waals surface area (Å²) in [6, 6.07) is 5.14. The minimum Gasteiger partial charge on any atom is -0.548 e. The van der Waals surface area contributed by atoms with Crippen LogP contribution in [0.15, 0.2) is 33.5 Å². The van der Waals surface area contributed by atoms with Gasteiger partial charge in [0.15, 0.2) is 6.10 Å². The second-order valence-electron chi connectivity index (χ2n) is 5.22. The van der Waals surface area contributed by atoms with Gasteiger partial charge in [-0.15, -0.1) is 0 Å². The molecule has 0 fully saturated rings. The predicted octanol–water partition coefficient (Wildman–Crippen LogP) is 0.123. The van der Waals surface area contributed by atoms with Crippen molar-refractivity contribution >= 4 is 22.8 Å². The Hall–Kier alpha value is -2.83. The highest BCUT2D eigenvalue weighted by molar-refractivity contribution is 5.86. The summed E-state index contributed by atoms with van der Waals surface area (Å²) >= 11 is 0. The van der Waals surface area contributed by atoms with Crippen LogP contribution in [0.4, 0.5) is 0 Å². The molecule has 0 aliphatic heterocycles. The first-order valence-corrected chi connectivity index (χ1v) is 7.00. The number of amides is 1. The van der Waals surface area contributed by atoms with Crippen molar-refractivity contribution in [3.63, 3.8) is 0 Å². The van der Waals surface area contributed by atoms with Crippen molar-refractivity contribution in [1.82, 2.24) is 5.32 Å². The minimum absolute atomic E-state index is 0.329. The number of fused-ring (bicyclic) bond motifs is 1. The number of benzene rings is 1. The lowest BCUT2D eigenvalue weighted by Gasteiger charge is -2.19. The Morgan fingerprint density at radius 3 is 2.61 bits per heavy atom. The van der Waals surface area contributed by atoms with Gasteiger partial charge in [0.1, 0.15) is 11.3 Å². The van der Waals surface area contributed by atoms with Crippen molar-refractivity contribution in [2.24, 2.45) is 0 Å². The molecular weight excluding hydrogens is 302 g/mol. The van der Waals surface area contributed by atoms with E-state index in [-0.39, 0.29) is 0 Å². The van der Waals surface area contributed by atoms with Gasteiger partial charge in [0, 0.05) is 17.5 Å². The third kappa shape index (κ3) is 3.88.